The highest BCUT2D eigenvalue weighted by Gasteiger charge is 2.33. The van der Waals surface area contributed by atoms with E-state index in [0.717, 1.165) is 24.3 Å². The van der Waals surface area contributed by atoms with Crippen molar-refractivity contribution >= 4 is 18.3 Å². The number of nitrogens with zero attached hydrogens (tertiary/aromatic N) is 1. The van der Waals surface area contributed by atoms with Gasteiger partial charge in [-0.05, 0) is 50.5 Å². The number of ether oxygens (including phenoxy) is 3. The lowest BCUT2D eigenvalue weighted by Crippen LogP contribution is -2.46. The maximum Gasteiger partial charge on any atom is 0.225 e. The van der Waals surface area contributed by atoms with Gasteiger partial charge in [-0.1, -0.05) is 0 Å². The van der Waals surface area contributed by atoms with Crippen LogP contribution in [0.3, 0.4) is 0 Å². The number of benzene rings is 1. The Bertz CT molecular complexity index is 541. The molecule has 0 bridgehead atoms. The van der Waals surface area contributed by atoms with Crippen LogP contribution in [-0.4, -0.2) is 56.9 Å². The molecule has 0 aromatic heterocycles. The van der Waals surface area contributed by atoms with E-state index in [-0.39, 0.29) is 36.4 Å². The Balaban J connectivity index is 0.00000338. The number of nitrogens with two attached hydrogens (primary N) is 1. The lowest BCUT2D eigenvalue weighted by atomic mass is 9.83. The van der Waals surface area contributed by atoms with Gasteiger partial charge in [0.2, 0.25) is 5.91 Å². The van der Waals surface area contributed by atoms with Gasteiger partial charge in [-0.3, -0.25) is 4.79 Å². The van der Waals surface area contributed by atoms with Crippen LogP contribution in [0.15, 0.2) is 24.3 Å². The molecule has 3 atom stereocenters. The van der Waals surface area contributed by atoms with Crippen LogP contribution < -0.4 is 15.2 Å². The zero-order chi connectivity index (χ0) is 18.2. The molecule has 1 aliphatic rings. The highest BCUT2D eigenvalue weighted by atomic mass is 35.5. The molecule has 7 heteroatoms. The summed E-state index contributed by atoms with van der Waals surface area (Å²) < 4.78 is 16.5. The number of methoxy groups -OCH3 is 1. The van der Waals surface area contributed by atoms with Gasteiger partial charge in [-0.2, -0.15) is 0 Å². The summed E-state index contributed by atoms with van der Waals surface area (Å²) in [7, 11) is 3.49. The maximum absolute atomic E-state index is 12.6. The van der Waals surface area contributed by atoms with Crippen LogP contribution in [0.5, 0.6) is 11.5 Å². The van der Waals surface area contributed by atoms with E-state index >= 15 is 0 Å². The van der Waals surface area contributed by atoms with E-state index in [1.807, 2.05) is 38.2 Å². The third-order valence-corrected chi connectivity index (χ3v) is 4.69. The van der Waals surface area contributed by atoms with Gasteiger partial charge in [0, 0.05) is 26.1 Å². The van der Waals surface area contributed by atoms with Crippen molar-refractivity contribution in [3.63, 3.8) is 0 Å². The maximum atomic E-state index is 12.6. The minimum atomic E-state index is -0.0683. The first kappa shape index (κ1) is 22.5. The summed E-state index contributed by atoms with van der Waals surface area (Å²) in [5, 5.41) is 0. The molecule has 0 unspecified atom stereocenters. The first-order valence-corrected chi connectivity index (χ1v) is 8.94. The zero-order valence-electron chi connectivity index (χ0n) is 15.8. The molecule has 1 aromatic rings. The second-order valence-electron chi connectivity index (χ2n) is 6.46. The standard InChI is InChI=1S/C19H30N2O4.ClH/c1-4-24-15-6-8-16(9-7-15)25-12-11-21(2)19(22)14-5-10-18(23-3)17(20)13-14;/h6-9,14,17-18H,4-5,10-13,20H2,1-3H3;1H/t14-,17+,18+;/m0./s1. The van der Waals surface area contributed by atoms with Gasteiger partial charge in [0.15, 0.2) is 0 Å². The Morgan fingerprint density at radius 3 is 2.35 bits per heavy atom. The highest BCUT2D eigenvalue weighted by molar-refractivity contribution is 5.85. The van der Waals surface area contributed by atoms with E-state index in [2.05, 4.69) is 0 Å². The van der Waals surface area contributed by atoms with Crippen molar-refractivity contribution in [3.05, 3.63) is 24.3 Å². The van der Waals surface area contributed by atoms with Crippen molar-refractivity contribution in [1.29, 1.82) is 0 Å². The average Bonchev–Trinajstić information content (AvgIpc) is 2.62. The van der Waals surface area contributed by atoms with Crippen LogP contribution in [0.2, 0.25) is 0 Å². The molecular formula is C19H31ClN2O4. The largest absolute Gasteiger partial charge is 0.494 e. The van der Waals surface area contributed by atoms with Crippen LogP contribution >= 0.6 is 12.4 Å². The topological polar surface area (TPSA) is 74.0 Å². The van der Waals surface area contributed by atoms with Crippen LogP contribution in [0, 0.1) is 5.92 Å². The fraction of sp³-hybridized carbons (Fsp3) is 0.632. The molecule has 2 N–H and O–H groups in total. The smallest absolute Gasteiger partial charge is 0.225 e. The molecule has 0 heterocycles. The monoisotopic (exact) mass is 386 g/mol. The first-order valence-electron chi connectivity index (χ1n) is 8.94. The Labute approximate surface area is 162 Å². The van der Waals surface area contributed by atoms with Gasteiger partial charge >= 0.3 is 0 Å². The minimum absolute atomic E-state index is 0. The van der Waals surface area contributed by atoms with Crippen molar-refractivity contribution in [2.45, 2.75) is 38.3 Å². The van der Waals surface area contributed by atoms with Crippen molar-refractivity contribution < 1.29 is 19.0 Å². The zero-order valence-corrected chi connectivity index (χ0v) is 16.7. The van der Waals surface area contributed by atoms with Crippen LogP contribution in [0.4, 0.5) is 0 Å². The molecule has 1 amide bonds. The average molecular weight is 387 g/mol. The normalized spacial score (nSPS) is 22.2. The number of halogens is 1. The fourth-order valence-corrected chi connectivity index (χ4v) is 3.22. The molecule has 6 nitrogen and oxygen atoms in total. The molecule has 26 heavy (non-hydrogen) atoms. The minimum Gasteiger partial charge on any atom is -0.494 e. The van der Waals surface area contributed by atoms with Gasteiger partial charge in [0.25, 0.3) is 0 Å². The van der Waals surface area contributed by atoms with Crippen molar-refractivity contribution in [2.24, 2.45) is 11.7 Å². The molecule has 148 valence electrons. The Kier molecular flexibility index (Phi) is 9.76. The SMILES string of the molecule is CCOc1ccc(OCCN(C)C(=O)[C@H]2CC[C@@H](OC)[C@H](N)C2)cc1.Cl. The van der Waals surface area contributed by atoms with Crippen LogP contribution in [0.1, 0.15) is 26.2 Å². The lowest BCUT2D eigenvalue weighted by molar-refractivity contribution is -0.136. The quantitative estimate of drug-likeness (QED) is 0.743. The van der Waals surface area contributed by atoms with E-state index in [1.54, 1.807) is 12.0 Å². The molecule has 1 fully saturated rings. The third-order valence-electron chi connectivity index (χ3n) is 4.69. The molecule has 1 saturated carbocycles. The summed E-state index contributed by atoms with van der Waals surface area (Å²) in [6, 6.07) is 7.43. The Hall–Kier alpha value is -1.50. The van der Waals surface area contributed by atoms with Gasteiger partial charge in [-0.25, -0.2) is 0 Å². The van der Waals surface area contributed by atoms with Crippen LogP contribution in [-0.2, 0) is 9.53 Å². The van der Waals surface area contributed by atoms with Crippen molar-refractivity contribution in [2.75, 3.05) is 33.9 Å². The molecular weight excluding hydrogens is 356 g/mol. The van der Waals surface area contributed by atoms with E-state index in [4.69, 9.17) is 19.9 Å². The summed E-state index contributed by atoms with van der Waals surface area (Å²) in [6.45, 7) is 3.59. The Morgan fingerprint density at radius 1 is 1.19 bits per heavy atom. The third kappa shape index (κ3) is 6.34. The van der Waals surface area contributed by atoms with Gasteiger partial charge in [0.05, 0.1) is 19.3 Å². The van der Waals surface area contributed by atoms with E-state index < -0.39 is 0 Å². The van der Waals surface area contributed by atoms with Crippen molar-refractivity contribution in [3.8, 4) is 11.5 Å². The summed E-state index contributed by atoms with van der Waals surface area (Å²) in [5.74, 6) is 1.72. The van der Waals surface area contributed by atoms with Gasteiger partial charge in [-0.15, -0.1) is 12.4 Å². The number of carbonyl (C=O) groups is 1. The first-order chi connectivity index (χ1) is 12.0. The van der Waals surface area contributed by atoms with Crippen molar-refractivity contribution in [1.82, 2.24) is 4.90 Å². The highest BCUT2D eigenvalue weighted by Crippen LogP contribution is 2.26. The number of rotatable bonds is 8. The lowest BCUT2D eigenvalue weighted by Gasteiger charge is -2.34. The number of hydrogen-bond acceptors (Lipinski definition) is 5. The number of carbonyl (C=O) groups excluding carboxylic acids is 1. The van der Waals surface area contributed by atoms with Crippen LogP contribution in [0.25, 0.3) is 0 Å². The second-order valence-corrected chi connectivity index (χ2v) is 6.46. The predicted octanol–water partition coefficient (Wildman–Crippen LogP) is 2.49. The number of amides is 1. The molecule has 1 aromatic carbocycles. The van der Waals surface area contributed by atoms with Gasteiger partial charge < -0.3 is 24.8 Å². The van der Waals surface area contributed by atoms with Gasteiger partial charge in [0.1, 0.15) is 18.1 Å². The molecule has 1 aliphatic carbocycles. The van der Waals surface area contributed by atoms with E-state index in [0.29, 0.717) is 26.2 Å². The van der Waals surface area contributed by atoms with E-state index in [1.165, 1.54) is 0 Å². The molecule has 0 radical (unpaired) electrons. The summed E-state index contributed by atoms with van der Waals surface area (Å²) in [4.78, 5) is 14.3. The molecule has 0 spiro atoms. The summed E-state index contributed by atoms with van der Waals surface area (Å²) >= 11 is 0. The summed E-state index contributed by atoms with van der Waals surface area (Å²) in [6.07, 6.45) is 2.42. The molecule has 0 aliphatic heterocycles. The van der Waals surface area contributed by atoms with E-state index in [9.17, 15) is 4.79 Å². The molecule has 0 saturated heterocycles. The number of hydrogen-bond donors (Lipinski definition) is 1. The fourth-order valence-electron chi connectivity index (χ4n) is 3.22. The Morgan fingerprint density at radius 2 is 1.81 bits per heavy atom. The number of likely N-dealkylation sites (N-methyl/N-ethyl adjacent to an activating group) is 1. The second kappa shape index (κ2) is 11.3. The summed E-state index contributed by atoms with van der Waals surface area (Å²) in [5.41, 5.74) is 6.10. The molecule has 2 rings (SSSR count). The predicted molar refractivity (Wildman–Crippen MR) is 104 cm³/mol.